The summed E-state index contributed by atoms with van der Waals surface area (Å²) < 4.78 is 11.2. The smallest absolute Gasteiger partial charge is 0.333 e. The number of hydrogen-bond acceptors (Lipinski definition) is 3. The number of rotatable bonds is 1. The van der Waals surface area contributed by atoms with E-state index in [1.54, 1.807) is 0 Å². The van der Waals surface area contributed by atoms with Crippen LogP contribution in [0.1, 0.15) is 25.7 Å². The lowest BCUT2D eigenvalue weighted by Gasteiger charge is -2.37. The number of carbonyl (C=O) groups excluding carboxylic acids is 1. The van der Waals surface area contributed by atoms with Gasteiger partial charge in [0.2, 0.25) is 0 Å². The van der Waals surface area contributed by atoms with Gasteiger partial charge in [-0.25, -0.2) is 4.79 Å². The van der Waals surface area contributed by atoms with E-state index in [0.717, 1.165) is 19.4 Å². The third-order valence-corrected chi connectivity index (χ3v) is 8.27. The zero-order chi connectivity index (χ0) is 11.6. The molecule has 0 radical (unpaired) electrons. The van der Waals surface area contributed by atoms with Crippen LogP contribution in [0.2, 0.25) is 18.1 Å². The molecule has 0 amide bonds. The van der Waals surface area contributed by atoms with Crippen LogP contribution < -0.4 is 0 Å². The monoisotopic (exact) mass is 240 g/mol. The standard InChI is InChI=1S/C12H20O3Si/c1-10-9-11(5-7-14-12(10)13)16(2)8-4-3-6-15-16/h11H,1,3-9H2,2H3. The van der Waals surface area contributed by atoms with Crippen LogP contribution in [0.25, 0.3) is 0 Å². The van der Waals surface area contributed by atoms with Crippen LogP contribution in [-0.2, 0) is 14.0 Å². The van der Waals surface area contributed by atoms with Gasteiger partial charge in [-0.3, -0.25) is 0 Å². The van der Waals surface area contributed by atoms with E-state index in [2.05, 4.69) is 13.1 Å². The van der Waals surface area contributed by atoms with Crippen LogP contribution in [0.3, 0.4) is 0 Å². The van der Waals surface area contributed by atoms with Crippen molar-refractivity contribution in [3.8, 4) is 0 Å². The molecular weight excluding hydrogens is 220 g/mol. The summed E-state index contributed by atoms with van der Waals surface area (Å²) in [6.45, 7) is 7.57. The first kappa shape index (κ1) is 11.9. The number of esters is 1. The summed E-state index contributed by atoms with van der Waals surface area (Å²) in [5, 5.41) is 0. The van der Waals surface area contributed by atoms with Crippen molar-refractivity contribution in [2.75, 3.05) is 13.2 Å². The predicted octanol–water partition coefficient (Wildman–Crippen LogP) is 2.64. The summed E-state index contributed by atoms with van der Waals surface area (Å²) in [5.41, 5.74) is 1.14. The average molecular weight is 240 g/mol. The number of cyclic esters (lactones) is 1. The van der Waals surface area contributed by atoms with Crippen LogP contribution in [0.5, 0.6) is 0 Å². The molecule has 0 aromatic rings. The Morgan fingerprint density at radius 3 is 2.88 bits per heavy atom. The molecule has 2 aliphatic heterocycles. The van der Waals surface area contributed by atoms with E-state index in [-0.39, 0.29) is 5.97 Å². The maximum Gasteiger partial charge on any atom is 0.333 e. The lowest BCUT2D eigenvalue weighted by Crippen LogP contribution is -2.43. The van der Waals surface area contributed by atoms with Crippen molar-refractivity contribution in [2.45, 2.75) is 43.8 Å². The van der Waals surface area contributed by atoms with Crippen LogP contribution in [-0.4, -0.2) is 27.5 Å². The van der Waals surface area contributed by atoms with E-state index in [1.807, 2.05) is 0 Å². The molecule has 2 saturated heterocycles. The average Bonchev–Trinajstić information content (AvgIpc) is 2.43. The van der Waals surface area contributed by atoms with Gasteiger partial charge in [-0.2, -0.15) is 0 Å². The molecule has 0 spiro atoms. The van der Waals surface area contributed by atoms with E-state index in [1.165, 1.54) is 18.9 Å². The first-order valence-electron chi connectivity index (χ1n) is 6.11. The van der Waals surface area contributed by atoms with Gasteiger partial charge in [-0.05, 0) is 37.4 Å². The molecule has 0 aliphatic carbocycles. The molecule has 2 atom stereocenters. The number of hydrogen-bond donors (Lipinski definition) is 0. The molecule has 0 N–H and O–H groups in total. The molecule has 0 bridgehead atoms. The minimum absolute atomic E-state index is 0.212. The molecule has 2 aliphatic rings. The van der Waals surface area contributed by atoms with E-state index in [4.69, 9.17) is 9.16 Å². The van der Waals surface area contributed by atoms with E-state index >= 15 is 0 Å². The molecule has 0 aromatic heterocycles. The van der Waals surface area contributed by atoms with Crippen molar-refractivity contribution in [3.63, 3.8) is 0 Å². The molecule has 0 aromatic carbocycles. The zero-order valence-electron chi connectivity index (χ0n) is 9.96. The van der Waals surface area contributed by atoms with Crippen LogP contribution in [0, 0.1) is 0 Å². The zero-order valence-corrected chi connectivity index (χ0v) is 11.0. The van der Waals surface area contributed by atoms with Crippen molar-refractivity contribution in [2.24, 2.45) is 0 Å². The van der Waals surface area contributed by atoms with Crippen molar-refractivity contribution in [3.05, 3.63) is 12.2 Å². The number of carbonyl (C=O) groups is 1. The third kappa shape index (κ3) is 2.38. The summed E-state index contributed by atoms with van der Waals surface area (Å²) >= 11 is 0. The second-order valence-corrected chi connectivity index (χ2v) is 9.28. The summed E-state index contributed by atoms with van der Waals surface area (Å²) in [6, 6.07) is 1.22. The first-order chi connectivity index (χ1) is 7.62. The number of ether oxygens (including phenoxy) is 1. The topological polar surface area (TPSA) is 35.5 Å². The Balaban J connectivity index is 2.07. The van der Waals surface area contributed by atoms with Crippen LogP contribution in [0.4, 0.5) is 0 Å². The Kier molecular flexibility index (Phi) is 3.49. The molecule has 2 rings (SSSR count). The molecular formula is C12H20O3Si. The highest BCUT2D eigenvalue weighted by Crippen LogP contribution is 2.40. The SMILES string of the molecule is C=C1CC([Si]2(C)CCCCO2)CCOC1=O. The predicted molar refractivity (Wildman–Crippen MR) is 64.7 cm³/mol. The van der Waals surface area contributed by atoms with Crippen molar-refractivity contribution < 1.29 is 14.0 Å². The highest BCUT2D eigenvalue weighted by molar-refractivity contribution is 6.74. The van der Waals surface area contributed by atoms with E-state index in [0.29, 0.717) is 17.7 Å². The van der Waals surface area contributed by atoms with Crippen LogP contribution >= 0.6 is 0 Å². The Morgan fingerprint density at radius 2 is 2.19 bits per heavy atom. The van der Waals surface area contributed by atoms with Gasteiger partial charge in [0.15, 0.2) is 8.32 Å². The van der Waals surface area contributed by atoms with Gasteiger partial charge < -0.3 is 9.16 Å². The van der Waals surface area contributed by atoms with Gasteiger partial charge in [0, 0.05) is 12.2 Å². The van der Waals surface area contributed by atoms with Gasteiger partial charge in [0.25, 0.3) is 0 Å². The fraction of sp³-hybridized carbons (Fsp3) is 0.750. The highest BCUT2D eigenvalue weighted by Gasteiger charge is 2.41. The molecule has 0 saturated carbocycles. The van der Waals surface area contributed by atoms with E-state index < -0.39 is 8.32 Å². The fourth-order valence-corrected chi connectivity index (χ4v) is 6.44. The normalized spacial score (nSPS) is 36.7. The van der Waals surface area contributed by atoms with Crippen molar-refractivity contribution in [1.29, 1.82) is 0 Å². The highest BCUT2D eigenvalue weighted by atomic mass is 28.4. The molecule has 2 unspecified atom stereocenters. The quantitative estimate of drug-likeness (QED) is 0.401. The molecule has 4 heteroatoms. The molecule has 90 valence electrons. The Morgan fingerprint density at radius 1 is 1.38 bits per heavy atom. The first-order valence-corrected chi connectivity index (χ1v) is 8.80. The largest absolute Gasteiger partial charge is 0.462 e. The lowest BCUT2D eigenvalue weighted by atomic mass is 10.1. The summed E-state index contributed by atoms with van der Waals surface area (Å²) in [4.78, 5) is 11.4. The minimum atomic E-state index is -1.63. The second kappa shape index (κ2) is 4.71. The van der Waals surface area contributed by atoms with Gasteiger partial charge in [0.05, 0.1) is 6.61 Å². The van der Waals surface area contributed by atoms with E-state index in [9.17, 15) is 4.79 Å². The Bertz CT molecular complexity index is 295. The molecule has 2 heterocycles. The van der Waals surface area contributed by atoms with Crippen molar-refractivity contribution >= 4 is 14.3 Å². The summed E-state index contributed by atoms with van der Waals surface area (Å²) in [5.74, 6) is -0.212. The third-order valence-electron chi connectivity index (χ3n) is 3.84. The molecule has 3 nitrogen and oxygen atoms in total. The summed E-state index contributed by atoms with van der Waals surface area (Å²) in [6.07, 6.45) is 4.20. The minimum Gasteiger partial charge on any atom is -0.462 e. The maximum absolute atomic E-state index is 11.4. The Hall–Kier alpha value is -0.613. The van der Waals surface area contributed by atoms with Gasteiger partial charge in [0.1, 0.15) is 0 Å². The maximum atomic E-state index is 11.4. The second-order valence-electron chi connectivity index (χ2n) is 5.05. The Labute approximate surface area is 97.9 Å². The molecule has 2 fully saturated rings. The lowest BCUT2D eigenvalue weighted by molar-refractivity contribution is -0.138. The summed E-state index contributed by atoms with van der Waals surface area (Å²) in [7, 11) is -1.63. The van der Waals surface area contributed by atoms with Gasteiger partial charge in [-0.15, -0.1) is 0 Å². The van der Waals surface area contributed by atoms with Gasteiger partial charge >= 0.3 is 5.97 Å². The van der Waals surface area contributed by atoms with Gasteiger partial charge in [-0.1, -0.05) is 13.0 Å². The van der Waals surface area contributed by atoms with Crippen LogP contribution in [0.15, 0.2) is 12.2 Å². The van der Waals surface area contributed by atoms with Crippen molar-refractivity contribution in [1.82, 2.24) is 0 Å². The fourth-order valence-electron chi connectivity index (χ4n) is 2.68. The molecule has 16 heavy (non-hydrogen) atoms.